The van der Waals surface area contributed by atoms with Crippen molar-refractivity contribution in [3.05, 3.63) is 35.2 Å². The molecule has 1 aromatic heterocycles. The van der Waals surface area contributed by atoms with Crippen LogP contribution in [0.3, 0.4) is 0 Å². The number of carbonyl (C=O) groups is 2. The second kappa shape index (κ2) is 7.45. The van der Waals surface area contributed by atoms with Gasteiger partial charge in [0.05, 0.1) is 12.1 Å². The fourth-order valence-electron chi connectivity index (χ4n) is 5.00. The van der Waals surface area contributed by atoms with Gasteiger partial charge >= 0.3 is 6.43 Å². The number of alkyl halides is 2. The van der Waals surface area contributed by atoms with Crippen molar-refractivity contribution in [2.45, 2.75) is 63.6 Å². The van der Waals surface area contributed by atoms with E-state index in [0.29, 0.717) is 24.1 Å². The predicted octanol–water partition coefficient (Wildman–Crippen LogP) is 3.56. The van der Waals surface area contributed by atoms with E-state index in [4.69, 9.17) is 4.42 Å². The molecule has 1 saturated heterocycles. The van der Waals surface area contributed by atoms with Crippen molar-refractivity contribution >= 4 is 11.8 Å². The Morgan fingerprint density at radius 3 is 2.47 bits per heavy atom. The van der Waals surface area contributed by atoms with E-state index < -0.39 is 12.3 Å². The number of aromatic nitrogens is 2. The topological polar surface area (TPSA) is 79.5 Å². The molecular weight excluding hydrogens is 394 g/mol. The number of rotatable bonds is 4. The van der Waals surface area contributed by atoms with Gasteiger partial charge in [-0.05, 0) is 37.0 Å². The van der Waals surface area contributed by atoms with Gasteiger partial charge in [0.15, 0.2) is 0 Å². The van der Waals surface area contributed by atoms with E-state index in [0.717, 1.165) is 44.2 Å². The largest absolute Gasteiger partial charge is 0.415 e. The van der Waals surface area contributed by atoms with Crippen molar-refractivity contribution in [1.82, 2.24) is 20.0 Å². The van der Waals surface area contributed by atoms with Crippen molar-refractivity contribution in [3.8, 4) is 11.5 Å². The Morgan fingerprint density at radius 1 is 1.03 bits per heavy atom. The third kappa shape index (κ3) is 3.16. The standard InChI is InChI=1S/C21H22F2N4O3/c22-18(23)20-25-24-19(30-20)12-7-8-13-11-27(21(29)14(13)10-12)16-5-2-1-4-15(16)26-9-3-6-17(26)28/h7-8,10,15-16,18H,1-6,9,11H2/t15-,16-/m0/s1. The Morgan fingerprint density at radius 2 is 1.80 bits per heavy atom. The SMILES string of the molecule is O=C1CCCN1[C@H]1CCCC[C@@H]1N1Cc2ccc(-c3nnc(C(F)F)o3)cc2C1=O. The number of fused-ring (bicyclic) bond motifs is 1. The summed E-state index contributed by atoms with van der Waals surface area (Å²) in [4.78, 5) is 29.4. The van der Waals surface area contributed by atoms with Gasteiger partial charge in [-0.1, -0.05) is 18.9 Å². The van der Waals surface area contributed by atoms with Gasteiger partial charge in [0.2, 0.25) is 11.8 Å². The lowest BCUT2D eigenvalue weighted by Crippen LogP contribution is -2.53. The van der Waals surface area contributed by atoms with E-state index in [1.807, 2.05) is 15.9 Å². The highest BCUT2D eigenvalue weighted by Gasteiger charge is 2.42. The summed E-state index contributed by atoms with van der Waals surface area (Å²) in [6, 6.07) is 5.22. The van der Waals surface area contributed by atoms with E-state index in [-0.39, 0.29) is 29.8 Å². The quantitative estimate of drug-likeness (QED) is 0.761. The number of benzene rings is 1. The van der Waals surface area contributed by atoms with E-state index >= 15 is 0 Å². The Hall–Kier alpha value is -2.84. The molecule has 7 nitrogen and oxygen atoms in total. The van der Waals surface area contributed by atoms with Crippen LogP contribution >= 0.6 is 0 Å². The number of nitrogens with zero attached hydrogens (tertiary/aromatic N) is 4. The summed E-state index contributed by atoms with van der Waals surface area (Å²) < 4.78 is 30.5. The van der Waals surface area contributed by atoms with Gasteiger partial charge < -0.3 is 14.2 Å². The number of halogens is 2. The normalized spacial score (nSPS) is 24.2. The van der Waals surface area contributed by atoms with Crippen molar-refractivity contribution in [2.24, 2.45) is 0 Å². The van der Waals surface area contributed by atoms with Crippen molar-refractivity contribution in [1.29, 1.82) is 0 Å². The Bertz CT molecular complexity index is 992. The van der Waals surface area contributed by atoms with Gasteiger partial charge in [-0.3, -0.25) is 9.59 Å². The van der Waals surface area contributed by atoms with Crippen LogP contribution in [0.15, 0.2) is 22.6 Å². The number of hydrogen-bond acceptors (Lipinski definition) is 5. The fourth-order valence-corrected chi connectivity index (χ4v) is 5.00. The molecule has 1 aliphatic carbocycles. The first-order valence-corrected chi connectivity index (χ1v) is 10.4. The molecule has 0 N–H and O–H groups in total. The monoisotopic (exact) mass is 416 g/mol. The summed E-state index contributed by atoms with van der Waals surface area (Å²) in [5.74, 6) is -0.676. The molecule has 0 spiro atoms. The molecule has 0 radical (unpaired) electrons. The van der Waals surface area contributed by atoms with Gasteiger partial charge in [0.1, 0.15) is 0 Å². The summed E-state index contributed by atoms with van der Waals surface area (Å²) in [7, 11) is 0. The fraction of sp³-hybridized carbons (Fsp3) is 0.524. The summed E-state index contributed by atoms with van der Waals surface area (Å²) >= 11 is 0. The molecule has 158 valence electrons. The third-order valence-corrected chi connectivity index (χ3v) is 6.42. The highest BCUT2D eigenvalue weighted by molar-refractivity contribution is 5.99. The Kier molecular flexibility index (Phi) is 4.75. The Balaban J connectivity index is 1.41. The number of carbonyl (C=O) groups excluding carboxylic acids is 2. The number of likely N-dealkylation sites (tertiary alicyclic amines) is 1. The highest BCUT2D eigenvalue weighted by atomic mass is 19.3. The minimum Gasteiger partial charge on any atom is -0.415 e. The minimum atomic E-state index is -2.84. The number of amides is 2. The van der Waals surface area contributed by atoms with Crippen molar-refractivity contribution in [2.75, 3.05) is 6.54 Å². The summed E-state index contributed by atoms with van der Waals surface area (Å²) in [5.41, 5.74) is 1.86. The molecule has 3 aliphatic rings. The van der Waals surface area contributed by atoms with Crippen LogP contribution in [0.4, 0.5) is 8.78 Å². The molecular formula is C21H22F2N4O3. The van der Waals surface area contributed by atoms with Crippen molar-refractivity contribution in [3.63, 3.8) is 0 Å². The lowest BCUT2D eigenvalue weighted by atomic mass is 9.88. The van der Waals surface area contributed by atoms with Crippen LogP contribution in [0.5, 0.6) is 0 Å². The maximum atomic E-state index is 13.3. The van der Waals surface area contributed by atoms with E-state index in [9.17, 15) is 18.4 Å². The van der Waals surface area contributed by atoms with E-state index in [2.05, 4.69) is 10.2 Å². The average molecular weight is 416 g/mol. The smallest absolute Gasteiger partial charge is 0.314 e. The Labute approximate surface area is 172 Å². The summed E-state index contributed by atoms with van der Waals surface area (Å²) in [6.07, 6.45) is 2.52. The molecule has 3 heterocycles. The first-order chi connectivity index (χ1) is 14.5. The van der Waals surface area contributed by atoms with Crippen LogP contribution in [0, 0.1) is 0 Å². The first-order valence-electron chi connectivity index (χ1n) is 10.4. The van der Waals surface area contributed by atoms with Gasteiger partial charge in [-0.2, -0.15) is 8.78 Å². The van der Waals surface area contributed by atoms with Crippen LogP contribution < -0.4 is 0 Å². The molecule has 2 amide bonds. The molecule has 0 unspecified atom stereocenters. The second-order valence-corrected chi connectivity index (χ2v) is 8.16. The van der Waals surface area contributed by atoms with Gasteiger partial charge in [-0.25, -0.2) is 0 Å². The maximum Gasteiger partial charge on any atom is 0.314 e. The minimum absolute atomic E-state index is 0.00186. The number of hydrogen-bond donors (Lipinski definition) is 0. The zero-order valence-corrected chi connectivity index (χ0v) is 16.4. The zero-order valence-electron chi connectivity index (χ0n) is 16.4. The second-order valence-electron chi connectivity index (χ2n) is 8.16. The molecule has 5 rings (SSSR count). The lowest BCUT2D eigenvalue weighted by Gasteiger charge is -2.42. The van der Waals surface area contributed by atoms with Crippen molar-refractivity contribution < 1.29 is 22.8 Å². The highest BCUT2D eigenvalue weighted by Crippen LogP contribution is 2.36. The van der Waals surface area contributed by atoms with Gasteiger partial charge in [-0.15, -0.1) is 10.2 Å². The molecule has 2 aliphatic heterocycles. The molecule has 30 heavy (non-hydrogen) atoms. The van der Waals surface area contributed by atoms with Gasteiger partial charge in [0.25, 0.3) is 11.8 Å². The summed E-state index contributed by atoms with van der Waals surface area (Å²) in [6.45, 7) is 1.26. The third-order valence-electron chi connectivity index (χ3n) is 6.42. The van der Waals surface area contributed by atoms with Crippen LogP contribution in [0.1, 0.15) is 66.8 Å². The average Bonchev–Trinajstić information content (AvgIpc) is 3.47. The molecule has 1 saturated carbocycles. The molecule has 2 atom stereocenters. The molecule has 2 fully saturated rings. The molecule has 1 aromatic carbocycles. The zero-order chi connectivity index (χ0) is 20.8. The van der Waals surface area contributed by atoms with Crippen LogP contribution in [-0.2, 0) is 11.3 Å². The van der Waals surface area contributed by atoms with Crippen LogP contribution in [-0.4, -0.2) is 50.4 Å². The van der Waals surface area contributed by atoms with Crippen LogP contribution in [0.25, 0.3) is 11.5 Å². The van der Waals surface area contributed by atoms with E-state index in [1.165, 1.54) is 0 Å². The molecule has 9 heteroatoms. The molecule has 0 bridgehead atoms. The lowest BCUT2D eigenvalue weighted by molar-refractivity contribution is -0.131. The molecule has 2 aromatic rings. The van der Waals surface area contributed by atoms with Crippen LogP contribution in [0.2, 0.25) is 0 Å². The first kappa shape index (κ1) is 19.1. The summed E-state index contributed by atoms with van der Waals surface area (Å²) in [5, 5.41) is 7.03. The maximum absolute atomic E-state index is 13.3. The predicted molar refractivity (Wildman–Crippen MR) is 102 cm³/mol. The van der Waals surface area contributed by atoms with E-state index in [1.54, 1.807) is 12.1 Å². The van der Waals surface area contributed by atoms with Gasteiger partial charge in [0, 0.05) is 30.6 Å².